The molecule has 0 radical (unpaired) electrons. The summed E-state index contributed by atoms with van der Waals surface area (Å²) in [6.07, 6.45) is 0.303. The lowest BCUT2D eigenvalue weighted by Crippen LogP contribution is -2.47. The zero-order valence-corrected chi connectivity index (χ0v) is 20.2. The van der Waals surface area contributed by atoms with Crippen molar-refractivity contribution in [2.75, 3.05) is 13.7 Å². The lowest BCUT2D eigenvalue weighted by Gasteiger charge is -2.30. The van der Waals surface area contributed by atoms with Gasteiger partial charge in [-0.15, -0.1) is 0 Å². The molecule has 7 nitrogen and oxygen atoms in total. The van der Waals surface area contributed by atoms with E-state index in [9.17, 15) is 13.2 Å². The predicted molar refractivity (Wildman–Crippen MR) is 126 cm³/mol. The number of nitrogens with one attached hydrogen (secondary N) is 1. The number of pyridine rings is 1. The highest BCUT2D eigenvalue weighted by atomic mass is 32.2. The van der Waals surface area contributed by atoms with Crippen molar-refractivity contribution >= 4 is 26.8 Å². The standard InChI is InChI=1S/C25H28N2O5S/c1-16-9-12-21(31-5)19(13-16)25(14-24(3,4)15-32-25)23(28)27-33(29,30)22-8-6-7-20-18(22)11-10-17(2)26-20/h6-13H,14-15H2,1-5H3,(H,27,28)/t25-/m0/s1. The Morgan fingerprint density at radius 3 is 2.55 bits per heavy atom. The maximum Gasteiger partial charge on any atom is 0.270 e. The van der Waals surface area contributed by atoms with E-state index in [0.29, 0.717) is 35.2 Å². The molecule has 1 saturated heterocycles. The zero-order valence-electron chi connectivity index (χ0n) is 19.4. The number of aryl methyl sites for hydroxylation is 2. The Hall–Kier alpha value is -2.97. The van der Waals surface area contributed by atoms with E-state index in [0.717, 1.165) is 11.3 Å². The van der Waals surface area contributed by atoms with Crippen LogP contribution in [0.3, 0.4) is 0 Å². The fourth-order valence-electron chi connectivity index (χ4n) is 4.40. The van der Waals surface area contributed by atoms with Gasteiger partial charge in [0.1, 0.15) is 5.75 Å². The second kappa shape index (κ2) is 8.11. The molecule has 1 aliphatic heterocycles. The second-order valence-electron chi connectivity index (χ2n) is 9.37. The first kappa shape index (κ1) is 23.2. The van der Waals surface area contributed by atoms with Crippen molar-refractivity contribution in [2.45, 2.75) is 44.6 Å². The first-order chi connectivity index (χ1) is 15.5. The SMILES string of the molecule is COc1ccc(C)cc1[C@]1(C(=O)NS(=O)(=O)c2cccc3nc(C)ccc23)CC(C)(C)CO1. The van der Waals surface area contributed by atoms with Gasteiger partial charge in [-0.1, -0.05) is 31.5 Å². The monoisotopic (exact) mass is 468 g/mol. The number of carbonyl (C=O) groups excluding carboxylic acids is 1. The first-order valence-electron chi connectivity index (χ1n) is 10.7. The van der Waals surface area contributed by atoms with Crippen LogP contribution in [0.1, 0.15) is 37.1 Å². The highest BCUT2D eigenvalue weighted by Gasteiger charge is 2.53. The third-order valence-corrected chi connectivity index (χ3v) is 7.33. The summed E-state index contributed by atoms with van der Waals surface area (Å²) in [6.45, 7) is 8.00. The Labute approximate surface area is 194 Å². The average molecular weight is 469 g/mol. The van der Waals surface area contributed by atoms with Gasteiger partial charge in [0.25, 0.3) is 15.9 Å². The molecule has 1 fully saturated rings. The number of methoxy groups -OCH3 is 1. The van der Waals surface area contributed by atoms with Crippen LogP contribution < -0.4 is 9.46 Å². The van der Waals surface area contributed by atoms with Gasteiger partial charge in [0.15, 0.2) is 5.60 Å². The molecule has 1 aromatic heterocycles. The molecule has 1 aliphatic rings. The molecule has 1 amide bonds. The Balaban J connectivity index is 1.80. The van der Waals surface area contributed by atoms with E-state index in [-0.39, 0.29) is 10.3 Å². The van der Waals surface area contributed by atoms with Crippen LogP contribution in [-0.4, -0.2) is 33.0 Å². The van der Waals surface area contributed by atoms with Gasteiger partial charge in [-0.3, -0.25) is 9.78 Å². The Kier molecular flexibility index (Phi) is 5.70. The summed E-state index contributed by atoms with van der Waals surface area (Å²) < 4.78 is 40.7. The number of hydrogen-bond donors (Lipinski definition) is 1. The predicted octanol–water partition coefficient (Wildman–Crippen LogP) is 4.01. The van der Waals surface area contributed by atoms with Crippen LogP contribution in [-0.2, 0) is 25.2 Å². The minimum absolute atomic E-state index is 0.00976. The molecule has 0 spiro atoms. The summed E-state index contributed by atoms with van der Waals surface area (Å²) in [6, 6.07) is 13.7. The van der Waals surface area contributed by atoms with Crippen LogP contribution in [0.4, 0.5) is 0 Å². The van der Waals surface area contributed by atoms with Crippen LogP contribution in [0, 0.1) is 19.3 Å². The number of hydrogen-bond acceptors (Lipinski definition) is 6. The number of sulfonamides is 1. The zero-order chi connectivity index (χ0) is 24.0. The highest BCUT2D eigenvalue weighted by Crippen LogP contribution is 2.48. The summed E-state index contributed by atoms with van der Waals surface area (Å²) >= 11 is 0. The normalized spacial score (nSPS) is 20.0. The van der Waals surface area contributed by atoms with Gasteiger partial charge in [0.05, 0.1) is 24.1 Å². The maximum atomic E-state index is 13.7. The molecular formula is C25H28N2O5S. The average Bonchev–Trinajstić information content (AvgIpc) is 3.09. The van der Waals surface area contributed by atoms with Crippen molar-refractivity contribution in [3.8, 4) is 5.75 Å². The number of ether oxygens (including phenoxy) is 2. The molecule has 0 bridgehead atoms. The molecule has 2 aromatic carbocycles. The number of aromatic nitrogens is 1. The van der Waals surface area contributed by atoms with Crippen molar-refractivity contribution in [1.82, 2.24) is 9.71 Å². The summed E-state index contributed by atoms with van der Waals surface area (Å²) in [4.78, 5) is 18.1. The molecule has 0 unspecified atom stereocenters. The molecule has 0 aliphatic carbocycles. The third kappa shape index (κ3) is 4.20. The molecule has 1 atom stereocenters. The molecule has 33 heavy (non-hydrogen) atoms. The van der Waals surface area contributed by atoms with Crippen molar-refractivity contribution in [1.29, 1.82) is 0 Å². The van der Waals surface area contributed by atoms with Gasteiger partial charge in [-0.05, 0) is 62.1 Å². The number of benzene rings is 2. The lowest BCUT2D eigenvalue weighted by molar-refractivity contribution is -0.140. The van der Waals surface area contributed by atoms with E-state index in [1.807, 2.05) is 39.8 Å². The number of nitrogens with zero attached hydrogens (tertiary/aromatic N) is 1. The first-order valence-corrected chi connectivity index (χ1v) is 12.2. The minimum atomic E-state index is -4.21. The van der Waals surface area contributed by atoms with Crippen LogP contribution in [0.25, 0.3) is 10.9 Å². The van der Waals surface area contributed by atoms with Crippen molar-refractivity contribution in [3.63, 3.8) is 0 Å². The van der Waals surface area contributed by atoms with Gasteiger partial charge in [-0.25, -0.2) is 13.1 Å². The molecule has 3 aromatic rings. The molecule has 2 heterocycles. The topological polar surface area (TPSA) is 94.6 Å². The molecule has 8 heteroatoms. The van der Waals surface area contributed by atoms with Gasteiger partial charge in [0, 0.05) is 16.6 Å². The van der Waals surface area contributed by atoms with Crippen LogP contribution in [0.15, 0.2) is 53.4 Å². The maximum absolute atomic E-state index is 13.7. The quantitative estimate of drug-likeness (QED) is 0.608. The van der Waals surface area contributed by atoms with E-state index in [4.69, 9.17) is 9.47 Å². The summed E-state index contributed by atoms with van der Waals surface area (Å²) in [7, 11) is -2.69. The Bertz CT molecular complexity index is 1350. The van der Waals surface area contributed by atoms with Crippen LogP contribution in [0.5, 0.6) is 5.75 Å². The van der Waals surface area contributed by atoms with Gasteiger partial charge in [0.2, 0.25) is 0 Å². The van der Waals surface area contributed by atoms with E-state index in [1.54, 1.807) is 30.3 Å². The molecule has 4 rings (SSSR count). The number of amides is 1. The second-order valence-corrected chi connectivity index (χ2v) is 11.0. The van der Waals surface area contributed by atoms with Crippen molar-refractivity contribution < 1.29 is 22.7 Å². The van der Waals surface area contributed by atoms with Crippen LogP contribution in [0.2, 0.25) is 0 Å². The summed E-state index contributed by atoms with van der Waals surface area (Å²) in [5, 5.41) is 0.443. The smallest absolute Gasteiger partial charge is 0.270 e. The Morgan fingerprint density at radius 2 is 1.88 bits per heavy atom. The van der Waals surface area contributed by atoms with Gasteiger partial charge >= 0.3 is 0 Å². The van der Waals surface area contributed by atoms with Crippen molar-refractivity contribution in [3.05, 3.63) is 65.4 Å². The lowest BCUT2D eigenvalue weighted by atomic mass is 9.79. The number of rotatable bonds is 5. The Morgan fingerprint density at radius 1 is 1.12 bits per heavy atom. The highest BCUT2D eigenvalue weighted by molar-refractivity contribution is 7.90. The van der Waals surface area contributed by atoms with E-state index in [2.05, 4.69) is 9.71 Å². The molecule has 0 saturated carbocycles. The largest absolute Gasteiger partial charge is 0.496 e. The number of carbonyl (C=O) groups is 1. The molecule has 174 valence electrons. The summed E-state index contributed by atoms with van der Waals surface area (Å²) in [5.74, 6) is -0.273. The van der Waals surface area contributed by atoms with E-state index >= 15 is 0 Å². The summed E-state index contributed by atoms with van der Waals surface area (Å²) in [5.41, 5.74) is 0.888. The fraction of sp³-hybridized carbons (Fsp3) is 0.360. The van der Waals surface area contributed by atoms with Crippen molar-refractivity contribution in [2.24, 2.45) is 5.41 Å². The number of fused-ring (bicyclic) bond motifs is 1. The molecule has 1 N–H and O–H groups in total. The third-order valence-electron chi connectivity index (χ3n) is 5.94. The molecular weight excluding hydrogens is 440 g/mol. The fourth-order valence-corrected chi connectivity index (χ4v) is 5.63. The van der Waals surface area contributed by atoms with Crippen LogP contribution >= 0.6 is 0 Å². The van der Waals surface area contributed by atoms with E-state index in [1.165, 1.54) is 13.2 Å². The van der Waals surface area contributed by atoms with E-state index < -0.39 is 21.5 Å². The van der Waals surface area contributed by atoms with Gasteiger partial charge in [-0.2, -0.15) is 0 Å². The minimum Gasteiger partial charge on any atom is -0.496 e. The van der Waals surface area contributed by atoms with Gasteiger partial charge < -0.3 is 9.47 Å².